The molecule has 0 aliphatic heterocycles. The lowest BCUT2D eigenvalue weighted by atomic mass is 10.1. The Bertz CT molecular complexity index is 1150. The van der Waals surface area contributed by atoms with Crippen molar-refractivity contribution >= 4 is 16.7 Å². The van der Waals surface area contributed by atoms with Gasteiger partial charge in [-0.1, -0.05) is 30.3 Å². The monoisotopic (exact) mass is 426 g/mol. The van der Waals surface area contributed by atoms with Gasteiger partial charge in [-0.25, -0.2) is 0 Å². The highest BCUT2D eigenvalue weighted by Gasteiger charge is 2.12. The average Bonchev–Trinajstić information content (AvgIpc) is 3.26. The number of halogens is 1. The third-order valence-corrected chi connectivity index (χ3v) is 5.28. The summed E-state index contributed by atoms with van der Waals surface area (Å²) in [5, 5.41) is 2.34. The quantitative estimate of drug-likeness (QED) is 0.358. The van der Waals surface area contributed by atoms with Crippen LogP contribution in [0.4, 0.5) is 0 Å². The van der Waals surface area contributed by atoms with Crippen LogP contribution in [0.1, 0.15) is 18.4 Å². The van der Waals surface area contributed by atoms with Crippen LogP contribution in [0, 0.1) is 0 Å². The van der Waals surface area contributed by atoms with E-state index in [4.69, 9.17) is 4.74 Å². The Morgan fingerprint density at radius 2 is 1.77 bits per heavy atom. The van der Waals surface area contributed by atoms with E-state index in [0.29, 0.717) is 17.9 Å². The zero-order chi connectivity index (χ0) is 20.1. The molecule has 2 N–H and O–H groups in total. The molecule has 3 heterocycles. The first-order valence-electron chi connectivity index (χ1n) is 10.2. The predicted octanol–water partition coefficient (Wildman–Crippen LogP) is -0.752. The maximum Gasteiger partial charge on any atom is 0.275 e. The second-order valence-electron chi connectivity index (χ2n) is 7.23. The Hall–Kier alpha value is -2.83. The summed E-state index contributed by atoms with van der Waals surface area (Å²) in [7, 11) is 1.60. The molecule has 0 amide bonds. The smallest absolute Gasteiger partial charge is 0.275 e. The highest BCUT2D eigenvalue weighted by molar-refractivity contribution is 5.75. The molecule has 0 radical (unpaired) electrons. The van der Waals surface area contributed by atoms with Crippen LogP contribution in [-0.2, 0) is 13.0 Å². The molecule has 6 nitrogen and oxygen atoms in total. The van der Waals surface area contributed by atoms with Crippen LogP contribution >= 0.6 is 0 Å². The minimum absolute atomic E-state index is 0. The van der Waals surface area contributed by atoms with E-state index in [1.165, 1.54) is 5.56 Å². The lowest BCUT2D eigenvalue weighted by Gasteiger charge is -2.12. The van der Waals surface area contributed by atoms with Gasteiger partial charge in [0, 0.05) is 31.6 Å². The second kappa shape index (κ2) is 10.3. The van der Waals surface area contributed by atoms with Gasteiger partial charge in [-0.05, 0) is 30.2 Å². The fourth-order valence-electron chi connectivity index (χ4n) is 3.77. The number of ether oxygens (including phenoxy) is 1. The van der Waals surface area contributed by atoms with Gasteiger partial charge < -0.3 is 27.0 Å². The van der Waals surface area contributed by atoms with Crippen molar-refractivity contribution in [3.8, 4) is 5.88 Å². The van der Waals surface area contributed by atoms with Crippen molar-refractivity contribution in [3.63, 3.8) is 0 Å². The van der Waals surface area contributed by atoms with Crippen LogP contribution < -0.4 is 28.0 Å². The molecule has 30 heavy (non-hydrogen) atoms. The van der Waals surface area contributed by atoms with E-state index in [1.54, 1.807) is 7.11 Å². The van der Waals surface area contributed by atoms with Crippen molar-refractivity contribution in [1.29, 1.82) is 0 Å². The van der Waals surface area contributed by atoms with Gasteiger partial charge in [0.2, 0.25) is 5.88 Å². The predicted molar refractivity (Wildman–Crippen MR) is 115 cm³/mol. The molecule has 0 aliphatic rings. The number of methoxy groups -OCH3 is 1. The van der Waals surface area contributed by atoms with E-state index < -0.39 is 0 Å². The van der Waals surface area contributed by atoms with E-state index in [-0.39, 0.29) is 18.0 Å². The molecule has 0 saturated heterocycles. The van der Waals surface area contributed by atoms with Gasteiger partial charge in [0.25, 0.3) is 5.56 Å². The minimum Gasteiger partial charge on any atom is -1.00 e. The van der Waals surface area contributed by atoms with Crippen LogP contribution in [0.2, 0.25) is 0 Å². The molecular weight excluding hydrogens is 400 g/mol. The van der Waals surface area contributed by atoms with E-state index in [2.05, 4.69) is 40.6 Å². The van der Waals surface area contributed by atoms with Crippen LogP contribution in [0.25, 0.3) is 16.7 Å². The van der Waals surface area contributed by atoms with Gasteiger partial charge in [-0.15, -0.1) is 0 Å². The third-order valence-electron chi connectivity index (χ3n) is 5.28. The number of aromatic nitrogens is 3. The first-order valence-corrected chi connectivity index (χ1v) is 10.2. The van der Waals surface area contributed by atoms with Gasteiger partial charge in [0.1, 0.15) is 5.52 Å². The summed E-state index contributed by atoms with van der Waals surface area (Å²) in [5.74, 6) is 0.546. The van der Waals surface area contributed by atoms with Gasteiger partial charge in [0.15, 0.2) is 5.65 Å². The van der Waals surface area contributed by atoms with Gasteiger partial charge in [-0.3, -0.25) is 9.20 Å². The first kappa shape index (κ1) is 21.9. The Morgan fingerprint density at radius 1 is 0.967 bits per heavy atom. The summed E-state index contributed by atoms with van der Waals surface area (Å²) < 4.78 is 8.95. The molecule has 0 unspecified atom stereocenters. The Labute approximate surface area is 181 Å². The van der Waals surface area contributed by atoms with E-state index in [0.717, 1.165) is 43.5 Å². The van der Waals surface area contributed by atoms with Crippen molar-refractivity contribution in [2.75, 3.05) is 20.2 Å². The Balaban J connectivity index is 0.00000256. The largest absolute Gasteiger partial charge is 1.00 e. The second-order valence-corrected chi connectivity index (χ2v) is 7.23. The van der Waals surface area contributed by atoms with Gasteiger partial charge in [-0.2, -0.15) is 4.98 Å². The van der Waals surface area contributed by atoms with Crippen LogP contribution in [0.3, 0.4) is 0 Å². The fraction of sp³-hybridized carbons (Fsp3) is 0.304. The van der Waals surface area contributed by atoms with E-state index >= 15 is 0 Å². The van der Waals surface area contributed by atoms with Crippen LogP contribution in [0.5, 0.6) is 5.88 Å². The number of hydrogen-bond acceptors (Lipinski definition) is 3. The maximum absolute atomic E-state index is 13.0. The number of aryl methyl sites for hydroxylation is 2. The van der Waals surface area contributed by atoms with E-state index in [9.17, 15) is 4.79 Å². The fourth-order valence-corrected chi connectivity index (χ4v) is 3.77. The van der Waals surface area contributed by atoms with Crippen LogP contribution in [-0.4, -0.2) is 34.2 Å². The number of hydrogen-bond donors (Lipinski definition) is 1. The number of quaternary nitrogens is 1. The van der Waals surface area contributed by atoms with Crippen molar-refractivity contribution < 1.29 is 22.5 Å². The molecule has 0 saturated carbocycles. The average molecular weight is 427 g/mol. The highest BCUT2D eigenvalue weighted by Crippen LogP contribution is 2.17. The van der Waals surface area contributed by atoms with Crippen molar-refractivity contribution in [2.24, 2.45) is 0 Å². The zero-order valence-corrected chi connectivity index (χ0v) is 17.9. The number of pyridine rings is 1. The molecule has 0 fully saturated rings. The highest BCUT2D eigenvalue weighted by atomic mass is 35.5. The van der Waals surface area contributed by atoms with Gasteiger partial charge in [0.05, 0.1) is 25.7 Å². The summed E-state index contributed by atoms with van der Waals surface area (Å²) >= 11 is 0. The maximum atomic E-state index is 13.0. The van der Waals surface area contributed by atoms with Crippen molar-refractivity contribution in [2.45, 2.75) is 25.8 Å². The summed E-state index contributed by atoms with van der Waals surface area (Å²) in [4.78, 5) is 17.5. The van der Waals surface area contributed by atoms with E-state index in [1.807, 2.05) is 39.4 Å². The standard InChI is InChI=1S/C23H26N4O2.ClH/c1-29-21-13-12-19-22(25-21)26-16-6-11-20(26)23(28)27(19)17-7-15-24-14-5-10-18-8-3-2-4-9-18;/h2-4,6,8-9,11-13,16,24H,5,7,10,14-15,17H2,1H3;1H. The molecule has 158 valence electrons. The molecular formula is C23H27ClN4O2. The van der Waals surface area contributed by atoms with Gasteiger partial charge >= 0.3 is 0 Å². The summed E-state index contributed by atoms with van der Waals surface area (Å²) in [6.07, 6.45) is 5.08. The minimum atomic E-state index is 0. The molecule has 0 atom stereocenters. The molecule has 4 rings (SSSR count). The number of nitrogens with zero attached hydrogens (tertiary/aromatic N) is 3. The lowest BCUT2D eigenvalue weighted by molar-refractivity contribution is -0.655. The third kappa shape index (κ3) is 4.66. The Kier molecular flexibility index (Phi) is 7.49. The molecule has 4 aromatic rings. The summed E-state index contributed by atoms with van der Waals surface area (Å²) in [6, 6.07) is 18.0. The molecule has 0 spiro atoms. The molecule has 0 aliphatic carbocycles. The number of rotatable bonds is 9. The SMILES string of the molecule is COc1ccc2c(n1)n1cccc1c(=O)n2CCC[NH2+]CCCc1ccccc1.[Cl-]. The lowest BCUT2D eigenvalue weighted by Crippen LogP contribution is -3.00. The normalized spacial score (nSPS) is 11.0. The number of nitrogens with two attached hydrogens (primary N) is 1. The summed E-state index contributed by atoms with van der Waals surface area (Å²) in [6.45, 7) is 2.78. The number of benzene rings is 1. The van der Waals surface area contributed by atoms with Crippen molar-refractivity contribution in [1.82, 2.24) is 14.0 Å². The van der Waals surface area contributed by atoms with Crippen molar-refractivity contribution in [3.05, 3.63) is 76.7 Å². The molecule has 0 bridgehead atoms. The molecule has 1 aromatic carbocycles. The van der Waals surface area contributed by atoms with Crippen LogP contribution in [0.15, 0.2) is 65.6 Å². The summed E-state index contributed by atoms with van der Waals surface area (Å²) in [5.41, 5.74) is 3.64. The topological polar surface area (TPSA) is 65.1 Å². The first-order chi connectivity index (χ1) is 14.3. The number of fused-ring (bicyclic) bond motifs is 3. The zero-order valence-electron chi connectivity index (χ0n) is 17.1. The molecule has 3 aromatic heterocycles. The Morgan fingerprint density at radius 3 is 2.57 bits per heavy atom. The molecule has 7 heteroatoms.